The minimum Gasteiger partial charge on any atom is -0.394 e. The van der Waals surface area contributed by atoms with Gasteiger partial charge in [-0.2, -0.15) is 15.1 Å². The number of non-ortho nitro benzene ring substituents is 1. The average molecular weight is 430 g/mol. The summed E-state index contributed by atoms with van der Waals surface area (Å²) < 4.78 is 6.87. The SMILES string of the molecule is Nc1nc(N/N=C\c2cccc([N+](=O)[O-])c2)nc2c1ncn2[C@@H]1O[C@H](CO)[C@@H](O)[C@H]1O. The summed E-state index contributed by atoms with van der Waals surface area (Å²) in [5, 5.41) is 44.3. The van der Waals surface area contributed by atoms with Gasteiger partial charge in [-0.3, -0.25) is 14.7 Å². The van der Waals surface area contributed by atoms with Gasteiger partial charge in [-0.1, -0.05) is 12.1 Å². The monoisotopic (exact) mass is 430 g/mol. The molecule has 6 N–H and O–H groups in total. The molecule has 1 saturated heterocycles. The van der Waals surface area contributed by atoms with E-state index in [-0.39, 0.29) is 28.6 Å². The van der Waals surface area contributed by atoms with E-state index in [0.29, 0.717) is 5.56 Å². The number of benzene rings is 1. The Balaban J connectivity index is 1.59. The highest BCUT2D eigenvalue weighted by Crippen LogP contribution is 2.32. The van der Waals surface area contributed by atoms with E-state index in [1.165, 1.54) is 35.3 Å². The van der Waals surface area contributed by atoms with Gasteiger partial charge in [-0.05, 0) is 0 Å². The van der Waals surface area contributed by atoms with E-state index in [1.807, 2.05) is 0 Å². The number of nitrogen functional groups attached to an aromatic ring is 1. The van der Waals surface area contributed by atoms with Crippen molar-refractivity contribution < 1.29 is 25.0 Å². The largest absolute Gasteiger partial charge is 0.394 e. The molecule has 0 spiro atoms. The Morgan fingerprint density at radius 2 is 2.16 bits per heavy atom. The first-order chi connectivity index (χ1) is 14.9. The van der Waals surface area contributed by atoms with Crippen molar-refractivity contribution >= 4 is 34.8 Å². The van der Waals surface area contributed by atoms with Crippen molar-refractivity contribution in [2.45, 2.75) is 24.5 Å². The van der Waals surface area contributed by atoms with Crippen LogP contribution in [0, 0.1) is 10.1 Å². The fourth-order valence-corrected chi connectivity index (χ4v) is 3.17. The number of nitro groups is 1. The van der Waals surface area contributed by atoms with Crippen molar-refractivity contribution in [2.75, 3.05) is 17.8 Å². The van der Waals surface area contributed by atoms with Crippen LogP contribution in [0.2, 0.25) is 0 Å². The van der Waals surface area contributed by atoms with Crippen LogP contribution in [0.25, 0.3) is 11.2 Å². The third-order valence-electron chi connectivity index (χ3n) is 4.70. The molecule has 0 aliphatic carbocycles. The second-order valence-corrected chi connectivity index (χ2v) is 6.71. The van der Waals surface area contributed by atoms with Gasteiger partial charge < -0.3 is 25.8 Å². The second kappa shape index (κ2) is 8.19. The van der Waals surface area contributed by atoms with Crippen LogP contribution in [0.4, 0.5) is 17.5 Å². The van der Waals surface area contributed by atoms with Crippen LogP contribution >= 0.6 is 0 Å². The van der Waals surface area contributed by atoms with E-state index in [4.69, 9.17) is 10.5 Å². The highest BCUT2D eigenvalue weighted by atomic mass is 16.6. The lowest BCUT2D eigenvalue weighted by Crippen LogP contribution is -2.33. The Morgan fingerprint density at radius 3 is 2.87 bits per heavy atom. The molecule has 1 aliphatic rings. The Hall–Kier alpha value is -3.72. The van der Waals surface area contributed by atoms with Gasteiger partial charge in [0.25, 0.3) is 5.69 Å². The lowest BCUT2D eigenvalue weighted by molar-refractivity contribution is -0.384. The molecule has 14 heteroatoms. The van der Waals surface area contributed by atoms with E-state index in [9.17, 15) is 25.4 Å². The normalized spacial score (nSPS) is 23.6. The maximum Gasteiger partial charge on any atom is 0.270 e. The molecular weight excluding hydrogens is 412 g/mol. The number of hydrogen-bond donors (Lipinski definition) is 5. The van der Waals surface area contributed by atoms with Gasteiger partial charge in [0, 0.05) is 17.7 Å². The summed E-state index contributed by atoms with van der Waals surface area (Å²) in [7, 11) is 0. The summed E-state index contributed by atoms with van der Waals surface area (Å²) in [5.74, 6) is 0.0312. The molecule has 31 heavy (non-hydrogen) atoms. The van der Waals surface area contributed by atoms with Crippen molar-refractivity contribution in [3.05, 3.63) is 46.3 Å². The number of fused-ring (bicyclic) bond motifs is 1. The zero-order valence-electron chi connectivity index (χ0n) is 15.8. The average Bonchev–Trinajstić information content (AvgIpc) is 3.30. The molecule has 0 bridgehead atoms. The smallest absolute Gasteiger partial charge is 0.270 e. The summed E-state index contributed by atoms with van der Waals surface area (Å²) in [6.45, 7) is -0.475. The van der Waals surface area contributed by atoms with Crippen molar-refractivity contribution in [1.82, 2.24) is 19.5 Å². The van der Waals surface area contributed by atoms with Gasteiger partial charge >= 0.3 is 0 Å². The highest BCUT2D eigenvalue weighted by molar-refractivity contribution is 5.83. The lowest BCUT2D eigenvalue weighted by Gasteiger charge is -2.16. The van der Waals surface area contributed by atoms with Gasteiger partial charge in [0.05, 0.1) is 24.1 Å². The number of nitrogens with one attached hydrogen (secondary N) is 1. The molecule has 3 aromatic rings. The predicted octanol–water partition coefficient (Wildman–Crippen LogP) is -0.626. The van der Waals surface area contributed by atoms with Gasteiger partial charge in [0.1, 0.15) is 23.8 Å². The molecule has 4 rings (SSSR count). The highest BCUT2D eigenvalue weighted by Gasteiger charge is 2.44. The van der Waals surface area contributed by atoms with Crippen LogP contribution in [0.1, 0.15) is 11.8 Å². The number of aromatic nitrogens is 4. The third-order valence-corrected chi connectivity index (χ3v) is 4.70. The molecule has 162 valence electrons. The standard InChI is InChI=1S/C17H18N8O6/c18-14-11-15(24(7-19-11)16-13(28)12(27)10(6-26)31-16)22-17(21-14)23-20-5-8-2-1-3-9(4-8)25(29)30/h1-5,7,10,12-13,16,26-28H,6H2,(H3,18,21,22,23)/b20-5-/t10-,12-,13-,16-/m1/s1. The Bertz CT molecular complexity index is 1150. The van der Waals surface area contributed by atoms with Crippen LogP contribution in [0.5, 0.6) is 0 Å². The van der Waals surface area contributed by atoms with Crippen molar-refractivity contribution in [3.63, 3.8) is 0 Å². The Kier molecular flexibility index (Phi) is 5.43. The fraction of sp³-hybridized carbons (Fsp3) is 0.294. The maximum atomic E-state index is 10.9. The number of nitrogens with two attached hydrogens (primary N) is 1. The molecule has 4 atom stereocenters. The number of imidazole rings is 1. The quantitative estimate of drug-likeness (QED) is 0.189. The zero-order chi connectivity index (χ0) is 22.1. The van der Waals surface area contributed by atoms with E-state index < -0.39 is 36.1 Å². The molecular formula is C17H18N8O6. The number of hydrogen-bond acceptors (Lipinski definition) is 12. The first-order valence-electron chi connectivity index (χ1n) is 9.05. The molecule has 2 aromatic heterocycles. The number of nitro benzene ring substituents is 1. The predicted molar refractivity (Wildman–Crippen MR) is 107 cm³/mol. The van der Waals surface area contributed by atoms with Crippen LogP contribution < -0.4 is 11.2 Å². The molecule has 0 amide bonds. The van der Waals surface area contributed by atoms with Crippen molar-refractivity contribution in [1.29, 1.82) is 0 Å². The second-order valence-electron chi connectivity index (χ2n) is 6.71. The van der Waals surface area contributed by atoms with E-state index >= 15 is 0 Å². The maximum absolute atomic E-state index is 10.9. The van der Waals surface area contributed by atoms with Crippen LogP contribution in [0.3, 0.4) is 0 Å². The van der Waals surface area contributed by atoms with Gasteiger partial charge in [0.15, 0.2) is 17.7 Å². The van der Waals surface area contributed by atoms with Crippen molar-refractivity contribution in [3.8, 4) is 0 Å². The number of hydrazone groups is 1. The molecule has 0 unspecified atom stereocenters. The topological polar surface area (TPSA) is 207 Å². The molecule has 1 fully saturated rings. The zero-order valence-corrected chi connectivity index (χ0v) is 15.8. The number of ether oxygens (including phenoxy) is 1. The Labute approximate surface area is 173 Å². The third kappa shape index (κ3) is 3.87. The first kappa shape index (κ1) is 20.5. The fourth-order valence-electron chi connectivity index (χ4n) is 3.17. The van der Waals surface area contributed by atoms with Gasteiger partial charge in [-0.25, -0.2) is 10.4 Å². The number of rotatable bonds is 6. The number of aliphatic hydroxyl groups excluding tert-OH is 3. The minimum absolute atomic E-state index is 0.000161. The first-order valence-corrected chi connectivity index (χ1v) is 9.05. The summed E-state index contributed by atoms with van der Waals surface area (Å²) in [6, 6.07) is 5.87. The van der Waals surface area contributed by atoms with Gasteiger partial charge in [-0.15, -0.1) is 0 Å². The number of aliphatic hydroxyl groups is 3. The number of anilines is 2. The molecule has 1 aliphatic heterocycles. The lowest BCUT2D eigenvalue weighted by atomic mass is 10.1. The number of nitrogens with zero attached hydrogens (tertiary/aromatic N) is 6. The van der Waals surface area contributed by atoms with Crippen molar-refractivity contribution in [2.24, 2.45) is 5.10 Å². The molecule has 0 radical (unpaired) electrons. The van der Waals surface area contributed by atoms with E-state index in [1.54, 1.807) is 6.07 Å². The van der Waals surface area contributed by atoms with E-state index in [2.05, 4.69) is 25.5 Å². The summed E-state index contributed by atoms with van der Waals surface area (Å²) >= 11 is 0. The summed E-state index contributed by atoms with van der Waals surface area (Å²) in [6.07, 6.45) is -1.95. The van der Waals surface area contributed by atoms with Crippen LogP contribution in [-0.4, -0.2) is 70.9 Å². The van der Waals surface area contributed by atoms with E-state index in [0.717, 1.165) is 0 Å². The van der Waals surface area contributed by atoms with Crippen LogP contribution in [-0.2, 0) is 4.74 Å². The van der Waals surface area contributed by atoms with Crippen LogP contribution in [0.15, 0.2) is 35.7 Å². The van der Waals surface area contributed by atoms with Gasteiger partial charge in [0.2, 0.25) is 5.95 Å². The Morgan fingerprint density at radius 1 is 1.35 bits per heavy atom. The molecule has 0 saturated carbocycles. The summed E-state index contributed by atoms with van der Waals surface area (Å²) in [4.78, 5) is 22.8. The molecule has 3 heterocycles. The molecule has 14 nitrogen and oxygen atoms in total. The minimum atomic E-state index is -1.32. The molecule has 1 aromatic carbocycles. The summed E-state index contributed by atoms with van der Waals surface area (Å²) in [5.41, 5.74) is 9.37.